The van der Waals surface area contributed by atoms with Crippen LogP contribution in [-0.4, -0.2) is 51.1 Å². The van der Waals surface area contributed by atoms with E-state index < -0.39 is 41.9 Å². The van der Waals surface area contributed by atoms with Crippen LogP contribution in [0.3, 0.4) is 0 Å². The number of hydrogen-bond acceptors (Lipinski definition) is 3. The Morgan fingerprint density at radius 3 is 2.59 bits per heavy atom. The summed E-state index contributed by atoms with van der Waals surface area (Å²) in [5, 5.41) is 14.3. The van der Waals surface area contributed by atoms with Crippen molar-refractivity contribution < 1.29 is 31.9 Å². The summed E-state index contributed by atoms with van der Waals surface area (Å²) < 4.78 is 69.1. The molecule has 2 aliphatic carbocycles. The van der Waals surface area contributed by atoms with Gasteiger partial charge in [0.15, 0.2) is 6.10 Å². The highest BCUT2D eigenvalue weighted by atomic mass is 19.4. The molecule has 0 saturated heterocycles. The summed E-state index contributed by atoms with van der Waals surface area (Å²) in [5.41, 5.74) is 3.00. The molecule has 1 unspecified atom stereocenters. The lowest BCUT2D eigenvalue weighted by Gasteiger charge is -2.38. The summed E-state index contributed by atoms with van der Waals surface area (Å²) in [7, 11) is 0. The first-order chi connectivity index (χ1) is 18.5. The van der Waals surface area contributed by atoms with Gasteiger partial charge >= 0.3 is 6.18 Å². The Bertz CT molecular complexity index is 1400. The number of hydrogen-bond donors (Lipinski definition) is 1. The van der Waals surface area contributed by atoms with Gasteiger partial charge in [0.25, 0.3) is 0 Å². The molecule has 5 rings (SSSR count). The van der Waals surface area contributed by atoms with Gasteiger partial charge in [-0.3, -0.25) is 4.79 Å². The van der Waals surface area contributed by atoms with Gasteiger partial charge in [-0.15, -0.1) is 0 Å². The maximum Gasteiger partial charge on any atom is 0.416 e. The summed E-state index contributed by atoms with van der Waals surface area (Å²) in [4.78, 5) is 14.8. The first kappa shape index (κ1) is 27.1. The molecule has 206 valence electrons. The van der Waals surface area contributed by atoms with Gasteiger partial charge in [0.2, 0.25) is 5.91 Å². The molecule has 1 amide bonds. The molecule has 1 fully saturated rings. The average molecular weight is 546 g/mol. The van der Waals surface area contributed by atoms with E-state index in [4.69, 9.17) is 0 Å². The number of aliphatic hydroxyl groups excluding tert-OH is 1. The normalized spacial score (nSPS) is 21.2. The molecule has 39 heavy (non-hydrogen) atoms. The van der Waals surface area contributed by atoms with Gasteiger partial charge in [0, 0.05) is 17.9 Å². The molecule has 2 aliphatic rings. The van der Waals surface area contributed by atoms with Crippen LogP contribution in [0.15, 0.2) is 60.3 Å². The lowest BCUT2D eigenvalue weighted by atomic mass is 9.69. The lowest BCUT2D eigenvalue weighted by Crippen LogP contribution is -2.49. The highest BCUT2D eigenvalue weighted by Crippen LogP contribution is 2.53. The predicted octanol–water partition coefficient (Wildman–Crippen LogP) is 5.50. The Kier molecular flexibility index (Phi) is 7.09. The lowest BCUT2D eigenvalue weighted by molar-refractivity contribution is -0.208. The van der Waals surface area contributed by atoms with E-state index in [9.17, 15) is 31.9 Å². The van der Waals surface area contributed by atoms with Crippen molar-refractivity contribution in [3.8, 4) is 5.69 Å². The van der Waals surface area contributed by atoms with Crippen LogP contribution in [0, 0.1) is 23.0 Å². The molecule has 2 aromatic carbocycles. The number of halogens is 5. The molecular weight excluding hydrogens is 517 g/mol. The molecule has 5 nitrogen and oxygen atoms in total. The molecule has 3 atom stereocenters. The summed E-state index contributed by atoms with van der Waals surface area (Å²) >= 11 is 0. The summed E-state index contributed by atoms with van der Waals surface area (Å²) in [6.45, 7) is 0.851. The van der Waals surface area contributed by atoms with Crippen molar-refractivity contribution in [1.82, 2.24) is 14.7 Å². The smallest absolute Gasteiger partial charge is 0.382 e. The number of nitrogens with zero attached hydrogens (tertiary/aromatic N) is 3. The fourth-order valence-electron chi connectivity index (χ4n) is 5.81. The number of rotatable bonds is 7. The molecule has 1 N–H and O–H groups in total. The van der Waals surface area contributed by atoms with Gasteiger partial charge in [-0.05, 0) is 73.2 Å². The quantitative estimate of drug-likeness (QED) is 0.399. The van der Waals surface area contributed by atoms with E-state index >= 15 is 0 Å². The van der Waals surface area contributed by atoms with Crippen molar-refractivity contribution in [2.24, 2.45) is 11.3 Å². The molecule has 0 spiro atoms. The fourth-order valence-corrected chi connectivity index (χ4v) is 5.81. The number of allylic oxidation sites excluding steroid dienone is 1. The zero-order chi connectivity index (χ0) is 27.9. The van der Waals surface area contributed by atoms with Crippen LogP contribution in [0.2, 0.25) is 0 Å². The molecule has 1 heterocycles. The Morgan fingerprint density at radius 2 is 1.90 bits per heavy atom. The van der Waals surface area contributed by atoms with E-state index in [1.54, 1.807) is 29.1 Å². The molecule has 1 saturated carbocycles. The van der Waals surface area contributed by atoms with E-state index in [1.807, 2.05) is 13.0 Å². The largest absolute Gasteiger partial charge is 0.416 e. The molecular formula is C29H28F5N3O2. The van der Waals surface area contributed by atoms with Gasteiger partial charge in [-0.1, -0.05) is 30.7 Å². The minimum atomic E-state index is -4.89. The van der Waals surface area contributed by atoms with Crippen molar-refractivity contribution >= 4 is 12.0 Å². The molecule has 10 heteroatoms. The maximum atomic E-state index is 14.2. The van der Waals surface area contributed by atoms with Crippen molar-refractivity contribution in [3.63, 3.8) is 0 Å². The fraction of sp³-hybridized carbons (Fsp3) is 0.379. The number of alkyl halides is 3. The van der Waals surface area contributed by atoms with E-state index in [0.717, 1.165) is 21.7 Å². The number of carbonyl (C=O) groups excluding carboxylic acids is 1. The van der Waals surface area contributed by atoms with E-state index in [1.165, 1.54) is 30.3 Å². The zero-order valence-electron chi connectivity index (χ0n) is 21.3. The summed E-state index contributed by atoms with van der Waals surface area (Å²) in [5.74, 6) is -1.97. The van der Waals surface area contributed by atoms with Crippen molar-refractivity contribution in [2.45, 2.75) is 44.9 Å². The van der Waals surface area contributed by atoms with E-state index in [2.05, 4.69) is 5.10 Å². The average Bonchev–Trinajstić information content (AvgIpc) is 3.44. The summed E-state index contributed by atoms with van der Waals surface area (Å²) in [6.07, 6.45) is -2.46. The number of aliphatic hydroxyl groups is 1. The van der Waals surface area contributed by atoms with Crippen molar-refractivity contribution in [1.29, 1.82) is 0 Å². The van der Waals surface area contributed by atoms with Crippen LogP contribution in [-0.2, 0) is 17.6 Å². The van der Waals surface area contributed by atoms with Gasteiger partial charge in [0.1, 0.15) is 11.6 Å². The van der Waals surface area contributed by atoms with E-state index in [-0.39, 0.29) is 24.3 Å². The van der Waals surface area contributed by atoms with Crippen molar-refractivity contribution in [3.05, 3.63) is 88.8 Å². The van der Waals surface area contributed by atoms with Gasteiger partial charge < -0.3 is 10.0 Å². The highest BCUT2D eigenvalue weighted by molar-refractivity contribution is 5.82. The third kappa shape index (κ3) is 5.22. The highest BCUT2D eigenvalue weighted by Gasteiger charge is 2.50. The molecule has 1 aromatic heterocycles. The second kappa shape index (κ2) is 10.2. The number of fused-ring (bicyclic) bond motifs is 2. The van der Waals surface area contributed by atoms with Crippen LogP contribution >= 0.6 is 0 Å². The standard InChI is InChI=1S/C29H28F5N3O2/c1-28-15-19-16-35-37(22-9-7-21(30)8-10-22)25(19)14-20(28)6-11-23(28)27(39)36(17-26(38)29(32,33)34)13-12-18-4-2-3-5-24(18)31/h2-5,7-10,14,16,23,26,38H,6,11-13,15,17H2,1H3/t23-,26?,28+/m1/s1. The Morgan fingerprint density at radius 1 is 1.18 bits per heavy atom. The Labute approximate surface area is 222 Å². The Hall–Kier alpha value is -3.53. The maximum absolute atomic E-state index is 14.2. The van der Waals surface area contributed by atoms with Crippen LogP contribution < -0.4 is 0 Å². The number of amides is 1. The van der Waals surface area contributed by atoms with Crippen LogP contribution in [0.25, 0.3) is 11.8 Å². The predicted molar refractivity (Wildman–Crippen MR) is 135 cm³/mol. The topological polar surface area (TPSA) is 58.4 Å². The zero-order valence-corrected chi connectivity index (χ0v) is 21.3. The number of aromatic nitrogens is 2. The summed E-state index contributed by atoms with van der Waals surface area (Å²) in [6, 6.07) is 11.8. The Balaban J connectivity index is 1.41. The van der Waals surface area contributed by atoms with Gasteiger partial charge in [0.05, 0.1) is 24.1 Å². The first-order valence-electron chi connectivity index (χ1n) is 12.8. The SMILES string of the molecule is C[C@]12Cc3cnn(-c4ccc(F)cc4)c3C=C1CC[C@@H]2C(=O)N(CCc1ccccc1F)CC(O)C(F)(F)F. The number of carbonyl (C=O) groups is 1. The molecule has 3 aromatic rings. The third-order valence-corrected chi connectivity index (χ3v) is 8.02. The van der Waals surface area contributed by atoms with E-state index in [0.29, 0.717) is 24.9 Å². The van der Waals surface area contributed by atoms with Gasteiger partial charge in [-0.25, -0.2) is 13.5 Å². The van der Waals surface area contributed by atoms with Gasteiger partial charge in [-0.2, -0.15) is 18.3 Å². The number of benzene rings is 2. The van der Waals surface area contributed by atoms with Crippen molar-refractivity contribution in [2.75, 3.05) is 13.1 Å². The molecule has 0 radical (unpaired) electrons. The minimum Gasteiger partial charge on any atom is -0.382 e. The minimum absolute atomic E-state index is 0.0176. The third-order valence-electron chi connectivity index (χ3n) is 8.02. The first-order valence-corrected chi connectivity index (χ1v) is 12.8. The monoisotopic (exact) mass is 545 g/mol. The van der Waals surface area contributed by atoms with Crippen LogP contribution in [0.4, 0.5) is 22.0 Å². The van der Waals surface area contributed by atoms with Crippen LogP contribution in [0.5, 0.6) is 0 Å². The second-order valence-corrected chi connectivity index (χ2v) is 10.5. The molecule has 0 aliphatic heterocycles. The van der Waals surface area contributed by atoms with Crippen LogP contribution in [0.1, 0.15) is 36.6 Å². The second-order valence-electron chi connectivity index (χ2n) is 10.5. The molecule has 0 bridgehead atoms.